The van der Waals surface area contributed by atoms with Crippen molar-refractivity contribution >= 4 is 6.03 Å². The number of nitrogens with one attached hydrogen (secondary N) is 1. The molecule has 21 heavy (non-hydrogen) atoms. The van der Waals surface area contributed by atoms with Gasteiger partial charge in [0.05, 0.1) is 19.3 Å². The lowest BCUT2D eigenvalue weighted by Gasteiger charge is -2.37. The number of carbonyl (C=O) groups is 1. The van der Waals surface area contributed by atoms with Gasteiger partial charge in [0.2, 0.25) is 0 Å². The van der Waals surface area contributed by atoms with Crippen LogP contribution in [0.4, 0.5) is 4.79 Å². The van der Waals surface area contributed by atoms with Gasteiger partial charge in [0, 0.05) is 25.0 Å². The molecule has 2 rings (SSSR count). The van der Waals surface area contributed by atoms with Crippen molar-refractivity contribution in [2.24, 2.45) is 5.92 Å². The fourth-order valence-corrected chi connectivity index (χ4v) is 3.58. The Morgan fingerprint density at radius 3 is 2.90 bits per heavy atom. The lowest BCUT2D eigenvalue weighted by molar-refractivity contribution is 0.0305. The zero-order chi connectivity index (χ0) is 15.1. The maximum Gasteiger partial charge on any atom is 0.317 e. The average Bonchev–Trinajstić information content (AvgIpc) is 2.96. The van der Waals surface area contributed by atoms with Crippen LogP contribution in [0.3, 0.4) is 0 Å². The molecule has 1 aliphatic carbocycles. The van der Waals surface area contributed by atoms with Crippen LogP contribution in [-0.4, -0.2) is 54.5 Å². The molecule has 0 aromatic rings. The van der Waals surface area contributed by atoms with Crippen molar-refractivity contribution in [2.45, 2.75) is 50.7 Å². The molecule has 1 heterocycles. The van der Waals surface area contributed by atoms with Crippen LogP contribution < -0.4 is 5.32 Å². The van der Waals surface area contributed by atoms with Gasteiger partial charge in [-0.15, -0.1) is 6.58 Å². The molecule has 120 valence electrons. The topological polar surface area (TPSA) is 61.8 Å². The molecule has 0 aromatic carbocycles. The minimum Gasteiger partial charge on any atom is -0.393 e. The summed E-state index contributed by atoms with van der Waals surface area (Å²) in [6.45, 7) is 5.91. The van der Waals surface area contributed by atoms with Gasteiger partial charge in [-0.1, -0.05) is 18.9 Å². The first-order chi connectivity index (χ1) is 10.2. The molecule has 2 N–H and O–H groups in total. The summed E-state index contributed by atoms with van der Waals surface area (Å²) in [4.78, 5) is 14.2. The number of rotatable bonds is 6. The molecule has 3 atom stereocenters. The first-order valence-corrected chi connectivity index (χ1v) is 8.15. The number of amides is 2. The summed E-state index contributed by atoms with van der Waals surface area (Å²) in [5, 5.41) is 13.1. The number of ether oxygens (including phenoxy) is 1. The minimum absolute atomic E-state index is 0.0162. The maximum atomic E-state index is 12.3. The Morgan fingerprint density at radius 2 is 2.14 bits per heavy atom. The predicted octanol–water partition coefficient (Wildman–Crippen LogP) is 1.91. The van der Waals surface area contributed by atoms with Crippen LogP contribution in [-0.2, 0) is 4.74 Å². The zero-order valence-corrected chi connectivity index (χ0v) is 12.8. The van der Waals surface area contributed by atoms with Gasteiger partial charge in [-0.3, -0.25) is 0 Å². The van der Waals surface area contributed by atoms with E-state index in [9.17, 15) is 9.90 Å². The van der Waals surface area contributed by atoms with Gasteiger partial charge >= 0.3 is 6.03 Å². The van der Waals surface area contributed by atoms with Crippen LogP contribution in [0, 0.1) is 5.92 Å². The largest absolute Gasteiger partial charge is 0.393 e. The summed E-state index contributed by atoms with van der Waals surface area (Å²) in [6.07, 6.45) is 7.71. The van der Waals surface area contributed by atoms with Crippen LogP contribution in [0.2, 0.25) is 0 Å². The number of likely N-dealkylation sites (tertiary alicyclic amines) is 1. The Hall–Kier alpha value is -1.07. The van der Waals surface area contributed by atoms with Crippen molar-refractivity contribution in [3.8, 4) is 0 Å². The van der Waals surface area contributed by atoms with Gasteiger partial charge in [0.1, 0.15) is 0 Å². The van der Waals surface area contributed by atoms with E-state index in [1.807, 2.05) is 4.90 Å². The highest BCUT2D eigenvalue weighted by Gasteiger charge is 2.38. The highest BCUT2D eigenvalue weighted by Crippen LogP contribution is 2.34. The Labute approximate surface area is 127 Å². The SMILES string of the molecule is C=CCOCCNC(=O)N1CCC[C@@H]1[C@@H]1CCCC[C@H]1O. The molecule has 2 amide bonds. The van der Waals surface area contributed by atoms with Gasteiger partial charge in [-0.2, -0.15) is 0 Å². The summed E-state index contributed by atoms with van der Waals surface area (Å²) in [5.74, 6) is 0.254. The van der Waals surface area contributed by atoms with Crippen molar-refractivity contribution in [3.63, 3.8) is 0 Å². The van der Waals surface area contributed by atoms with Crippen LogP contribution >= 0.6 is 0 Å². The second-order valence-corrected chi connectivity index (χ2v) is 6.01. The third-order valence-electron chi connectivity index (χ3n) is 4.59. The number of urea groups is 1. The summed E-state index contributed by atoms with van der Waals surface area (Å²) in [5.41, 5.74) is 0. The van der Waals surface area contributed by atoms with Gasteiger partial charge in [-0.05, 0) is 25.7 Å². The van der Waals surface area contributed by atoms with Crippen molar-refractivity contribution in [2.75, 3.05) is 26.3 Å². The van der Waals surface area contributed by atoms with E-state index >= 15 is 0 Å². The Bertz CT molecular complexity index is 348. The molecule has 0 bridgehead atoms. The fraction of sp³-hybridized carbons (Fsp3) is 0.812. The van der Waals surface area contributed by atoms with Crippen molar-refractivity contribution in [1.82, 2.24) is 10.2 Å². The molecule has 1 saturated carbocycles. The molecule has 2 fully saturated rings. The van der Waals surface area contributed by atoms with E-state index in [-0.39, 0.29) is 24.1 Å². The van der Waals surface area contributed by atoms with Gasteiger partial charge in [0.15, 0.2) is 0 Å². The standard InChI is InChI=1S/C16H28N2O3/c1-2-11-21-12-9-17-16(20)18-10-5-7-14(18)13-6-3-4-8-15(13)19/h2,13-15,19H,1,3-12H2,(H,17,20)/t13-,14+,15+/m0/s1. The normalized spacial score (nSPS) is 29.4. The molecule has 1 saturated heterocycles. The number of carbonyl (C=O) groups excluding carboxylic acids is 1. The lowest BCUT2D eigenvalue weighted by Crippen LogP contribution is -2.49. The average molecular weight is 296 g/mol. The second kappa shape index (κ2) is 8.39. The minimum atomic E-state index is -0.243. The number of nitrogens with zero attached hydrogens (tertiary/aromatic N) is 1. The predicted molar refractivity (Wildman–Crippen MR) is 82.1 cm³/mol. The maximum absolute atomic E-state index is 12.3. The smallest absolute Gasteiger partial charge is 0.317 e. The molecule has 0 spiro atoms. The summed E-state index contributed by atoms with van der Waals surface area (Å²) in [6, 6.07) is 0.187. The highest BCUT2D eigenvalue weighted by atomic mass is 16.5. The van der Waals surface area contributed by atoms with Crippen LogP contribution in [0.5, 0.6) is 0 Å². The molecule has 0 radical (unpaired) electrons. The Balaban J connectivity index is 1.80. The van der Waals surface area contributed by atoms with Crippen LogP contribution in [0.1, 0.15) is 38.5 Å². The molecule has 5 nitrogen and oxygen atoms in total. The number of aliphatic hydroxyl groups excluding tert-OH is 1. The van der Waals surface area contributed by atoms with E-state index in [1.165, 1.54) is 6.42 Å². The van der Waals surface area contributed by atoms with Gasteiger partial charge < -0.3 is 20.1 Å². The summed E-state index contributed by atoms with van der Waals surface area (Å²) in [7, 11) is 0. The van der Waals surface area contributed by atoms with E-state index in [0.29, 0.717) is 19.8 Å². The van der Waals surface area contributed by atoms with E-state index in [2.05, 4.69) is 11.9 Å². The summed E-state index contributed by atoms with van der Waals surface area (Å²) >= 11 is 0. The molecular weight excluding hydrogens is 268 g/mol. The molecule has 0 aromatic heterocycles. The summed E-state index contributed by atoms with van der Waals surface area (Å²) < 4.78 is 5.26. The van der Waals surface area contributed by atoms with Crippen LogP contribution in [0.15, 0.2) is 12.7 Å². The molecule has 1 aliphatic heterocycles. The fourth-order valence-electron chi connectivity index (χ4n) is 3.58. The van der Waals surface area contributed by atoms with Crippen LogP contribution in [0.25, 0.3) is 0 Å². The van der Waals surface area contributed by atoms with Crippen molar-refractivity contribution in [1.29, 1.82) is 0 Å². The molecule has 5 heteroatoms. The van der Waals surface area contributed by atoms with Crippen molar-refractivity contribution < 1.29 is 14.6 Å². The quantitative estimate of drug-likeness (QED) is 0.581. The van der Waals surface area contributed by atoms with Crippen molar-refractivity contribution in [3.05, 3.63) is 12.7 Å². The number of hydrogen-bond acceptors (Lipinski definition) is 3. The molecule has 0 unspecified atom stereocenters. The third kappa shape index (κ3) is 4.45. The number of aliphatic hydroxyl groups is 1. The number of hydrogen-bond donors (Lipinski definition) is 2. The molecule has 2 aliphatic rings. The lowest BCUT2D eigenvalue weighted by atomic mass is 9.80. The zero-order valence-electron chi connectivity index (χ0n) is 12.8. The second-order valence-electron chi connectivity index (χ2n) is 6.01. The third-order valence-corrected chi connectivity index (χ3v) is 4.59. The van der Waals surface area contributed by atoms with E-state index in [1.54, 1.807) is 6.08 Å². The van der Waals surface area contributed by atoms with Gasteiger partial charge in [0.25, 0.3) is 0 Å². The van der Waals surface area contributed by atoms with Gasteiger partial charge in [-0.25, -0.2) is 4.79 Å². The van der Waals surface area contributed by atoms with E-state index in [4.69, 9.17) is 4.74 Å². The Kier molecular flexibility index (Phi) is 6.51. The molecular formula is C16H28N2O3. The van der Waals surface area contributed by atoms with E-state index < -0.39 is 0 Å². The monoisotopic (exact) mass is 296 g/mol. The first-order valence-electron chi connectivity index (χ1n) is 8.15. The van der Waals surface area contributed by atoms with E-state index in [0.717, 1.165) is 38.6 Å². The Morgan fingerprint density at radius 1 is 1.33 bits per heavy atom. The first kappa shape index (κ1) is 16.3. The highest BCUT2D eigenvalue weighted by molar-refractivity contribution is 5.74.